The zero-order chi connectivity index (χ0) is 21.5. The molecule has 4 aliphatic rings. The lowest BCUT2D eigenvalue weighted by Gasteiger charge is -2.40. The minimum atomic E-state index is -0.791. The first-order valence-corrected chi connectivity index (χ1v) is 11.9. The average molecular weight is 419 g/mol. The Morgan fingerprint density at radius 3 is 2.17 bits per heavy atom. The zero-order valence-corrected chi connectivity index (χ0v) is 18.9. The van der Waals surface area contributed by atoms with Crippen LogP contribution < -0.4 is 5.32 Å². The molecule has 4 fully saturated rings. The Bertz CT molecular complexity index is 679. The minimum Gasteiger partial charge on any atom is -0.339 e. The third kappa shape index (κ3) is 4.10. The number of urea groups is 1. The fraction of sp³-hybridized carbons (Fsp3) is 0.870. The van der Waals surface area contributed by atoms with Crippen LogP contribution in [-0.2, 0) is 9.59 Å². The molecule has 2 aliphatic heterocycles. The van der Waals surface area contributed by atoms with Crippen molar-refractivity contribution in [1.29, 1.82) is 0 Å². The van der Waals surface area contributed by atoms with Crippen LogP contribution in [0.5, 0.6) is 0 Å². The van der Waals surface area contributed by atoms with Gasteiger partial charge in [0.25, 0.3) is 5.91 Å². The number of hydrogen-bond acceptors (Lipinski definition) is 4. The second kappa shape index (κ2) is 8.13. The van der Waals surface area contributed by atoms with Crippen molar-refractivity contribution in [2.45, 2.75) is 83.7 Å². The highest BCUT2D eigenvalue weighted by Gasteiger charge is 2.53. The van der Waals surface area contributed by atoms with E-state index >= 15 is 0 Å². The second-order valence-corrected chi connectivity index (χ2v) is 10.9. The maximum Gasteiger partial charge on any atom is 0.325 e. The minimum absolute atomic E-state index is 0.106. The Morgan fingerprint density at radius 1 is 1.00 bits per heavy atom. The molecule has 0 unspecified atom stereocenters. The number of amides is 4. The number of carbonyl (C=O) groups is 3. The van der Waals surface area contributed by atoms with E-state index in [1.165, 1.54) is 30.6 Å². The molecule has 0 atom stereocenters. The van der Waals surface area contributed by atoms with Gasteiger partial charge in [-0.1, -0.05) is 33.6 Å². The summed E-state index contributed by atoms with van der Waals surface area (Å²) in [5, 5.41) is 2.95. The molecule has 0 radical (unpaired) electrons. The highest BCUT2D eigenvalue weighted by molar-refractivity contribution is 6.09. The van der Waals surface area contributed by atoms with Crippen LogP contribution in [-0.4, -0.2) is 76.8 Å². The molecule has 4 amide bonds. The molecule has 1 N–H and O–H groups in total. The first-order chi connectivity index (χ1) is 14.2. The first kappa shape index (κ1) is 21.6. The fourth-order valence-corrected chi connectivity index (χ4v) is 5.98. The van der Waals surface area contributed by atoms with E-state index in [4.69, 9.17) is 0 Å². The van der Waals surface area contributed by atoms with Crippen LogP contribution in [0.25, 0.3) is 0 Å². The van der Waals surface area contributed by atoms with Crippen molar-refractivity contribution in [2.75, 3.05) is 32.7 Å². The molecule has 2 heterocycles. The van der Waals surface area contributed by atoms with E-state index < -0.39 is 11.6 Å². The van der Waals surface area contributed by atoms with Crippen LogP contribution in [0, 0.1) is 11.3 Å². The maximum atomic E-state index is 13.2. The van der Waals surface area contributed by atoms with Crippen LogP contribution in [0.3, 0.4) is 0 Å². The topological polar surface area (TPSA) is 73.0 Å². The van der Waals surface area contributed by atoms with Gasteiger partial charge in [-0.15, -0.1) is 0 Å². The largest absolute Gasteiger partial charge is 0.339 e. The lowest BCUT2D eigenvalue weighted by atomic mass is 9.67. The van der Waals surface area contributed by atoms with E-state index in [0.717, 1.165) is 25.9 Å². The summed E-state index contributed by atoms with van der Waals surface area (Å²) < 4.78 is 0. The SMILES string of the molecule is CC(C)(C)C1CCC2(CC1)NC(=O)N(CC(=O)N1CCN(C3CCCC3)CC1)C2=O. The smallest absolute Gasteiger partial charge is 0.325 e. The number of piperazine rings is 1. The molecule has 30 heavy (non-hydrogen) atoms. The molecular formula is C23H38N4O3. The zero-order valence-electron chi connectivity index (χ0n) is 18.9. The van der Waals surface area contributed by atoms with Gasteiger partial charge >= 0.3 is 6.03 Å². The number of hydrogen-bond donors (Lipinski definition) is 1. The van der Waals surface area contributed by atoms with Gasteiger partial charge in [-0.25, -0.2) is 4.79 Å². The lowest BCUT2D eigenvalue weighted by Crippen LogP contribution is -2.54. The van der Waals surface area contributed by atoms with Gasteiger partial charge in [0.15, 0.2) is 0 Å². The van der Waals surface area contributed by atoms with Crippen LogP contribution >= 0.6 is 0 Å². The maximum absolute atomic E-state index is 13.2. The Labute approximate surface area is 180 Å². The van der Waals surface area contributed by atoms with Gasteiger partial charge < -0.3 is 10.2 Å². The lowest BCUT2D eigenvalue weighted by molar-refractivity contribution is -0.141. The normalized spacial score (nSPS) is 31.6. The van der Waals surface area contributed by atoms with Crippen LogP contribution in [0.4, 0.5) is 4.79 Å². The van der Waals surface area contributed by atoms with Gasteiger partial charge in [0, 0.05) is 32.2 Å². The number of carbonyl (C=O) groups excluding carboxylic acids is 3. The summed E-state index contributed by atoms with van der Waals surface area (Å²) in [7, 11) is 0. The van der Waals surface area contributed by atoms with Crippen LogP contribution in [0.1, 0.15) is 72.1 Å². The van der Waals surface area contributed by atoms with Gasteiger partial charge in [-0.3, -0.25) is 19.4 Å². The van der Waals surface area contributed by atoms with Crippen molar-refractivity contribution in [3.8, 4) is 0 Å². The van der Waals surface area contributed by atoms with Gasteiger partial charge in [0.2, 0.25) is 5.91 Å². The van der Waals surface area contributed by atoms with Crippen molar-refractivity contribution in [3.05, 3.63) is 0 Å². The number of rotatable bonds is 3. The summed E-state index contributed by atoms with van der Waals surface area (Å²) in [6.07, 6.45) is 8.38. The molecule has 2 aliphatic carbocycles. The Morgan fingerprint density at radius 2 is 1.60 bits per heavy atom. The molecule has 0 bridgehead atoms. The molecule has 7 heteroatoms. The Balaban J connectivity index is 1.31. The third-order valence-electron chi connectivity index (χ3n) is 8.11. The Hall–Kier alpha value is -1.63. The molecule has 1 spiro atoms. The van der Waals surface area contributed by atoms with Crippen LogP contribution in [0.2, 0.25) is 0 Å². The molecule has 0 aromatic heterocycles. The molecule has 0 aromatic rings. The van der Waals surface area contributed by atoms with E-state index in [0.29, 0.717) is 37.9 Å². The van der Waals surface area contributed by atoms with E-state index in [2.05, 4.69) is 31.0 Å². The molecule has 2 saturated heterocycles. The van der Waals surface area contributed by atoms with Crippen LogP contribution in [0.15, 0.2) is 0 Å². The van der Waals surface area contributed by atoms with E-state index in [1.807, 2.05) is 4.90 Å². The van der Waals surface area contributed by atoms with E-state index in [-0.39, 0.29) is 23.8 Å². The number of imide groups is 1. The molecule has 168 valence electrons. The standard InChI is InChI=1S/C23H38N4O3/c1-22(2,3)17-8-10-23(11-9-17)20(29)27(21(30)24-23)16-19(28)26-14-12-25(13-15-26)18-6-4-5-7-18/h17-18H,4-16H2,1-3H3,(H,24,30). The number of nitrogens with one attached hydrogen (secondary N) is 1. The summed E-state index contributed by atoms with van der Waals surface area (Å²) in [5.74, 6) is 0.252. The van der Waals surface area contributed by atoms with Crippen molar-refractivity contribution in [2.24, 2.45) is 11.3 Å². The summed E-state index contributed by atoms with van der Waals surface area (Å²) >= 11 is 0. The van der Waals surface area contributed by atoms with Gasteiger partial charge in [0.1, 0.15) is 12.1 Å². The monoisotopic (exact) mass is 418 g/mol. The number of nitrogens with zero attached hydrogens (tertiary/aromatic N) is 3. The van der Waals surface area contributed by atoms with Gasteiger partial charge in [0.05, 0.1) is 0 Å². The van der Waals surface area contributed by atoms with Crippen molar-refractivity contribution in [1.82, 2.24) is 20.0 Å². The summed E-state index contributed by atoms with van der Waals surface area (Å²) in [6.45, 7) is 9.77. The quantitative estimate of drug-likeness (QED) is 0.715. The van der Waals surface area contributed by atoms with E-state index in [1.54, 1.807) is 0 Å². The van der Waals surface area contributed by atoms with Gasteiger partial charge in [-0.2, -0.15) is 0 Å². The molecule has 0 aromatic carbocycles. The molecule has 2 saturated carbocycles. The Kier molecular flexibility index (Phi) is 5.86. The second-order valence-electron chi connectivity index (χ2n) is 10.9. The van der Waals surface area contributed by atoms with Crippen molar-refractivity contribution >= 4 is 17.8 Å². The average Bonchev–Trinajstić information content (AvgIpc) is 3.32. The third-order valence-corrected chi connectivity index (χ3v) is 8.11. The fourth-order valence-electron chi connectivity index (χ4n) is 5.98. The van der Waals surface area contributed by atoms with Crippen molar-refractivity contribution in [3.63, 3.8) is 0 Å². The molecule has 4 rings (SSSR count). The predicted octanol–water partition coefficient (Wildman–Crippen LogP) is 2.60. The van der Waals surface area contributed by atoms with Crippen molar-refractivity contribution < 1.29 is 14.4 Å². The predicted molar refractivity (Wildman–Crippen MR) is 115 cm³/mol. The molecular weight excluding hydrogens is 380 g/mol. The first-order valence-electron chi connectivity index (χ1n) is 11.9. The highest BCUT2D eigenvalue weighted by atomic mass is 16.2. The summed E-state index contributed by atoms with van der Waals surface area (Å²) in [6, 6.07) is 0.281. The molecule has 7 nitrogen and oxygen atoms in total. The summed E-state index contributed by atoms with van der Waals surface area (Å²) in [4.78, 5) is 44.1. The van der Waals surface area contributed by atoms with Gasteiger partial charge in [-0.05, 0) is 49.9 Å². The summed E-state index contributed by atoms with van der Waals surface area (Å²) in [5.41, 5.74) is -0.580. The van der Waals surface area contributed by atoms with E-state index in [9.17, 15) is 14.4 Å². The highest BCUT2D eigenvalue weighted by Crippen LogP contribution is 2.43.